The van der Waals surface area contributed by atoms with Gasteiger partial charge in [-0.05, 0) is 31.9 Å². The SMILES string of the molecule is COc1ccc(C)cc1CCNC(=O)c1c(C)oc2nc[nH]c(=O)c12. The van der Waals surface area contributed by atoms with Crippen LogP contribution in [-0.4, -0.2) is 29.5 Å². The van der Waals surface area contributed by atoms with Gasteiger partial charge in [0.15, 0.2) is 0 Å². The fourth-order valence-electron chi connectivity index (χ4n) is 2.83. The van der Waals surface area contributed by atoms with Crippen LogP contribution in [0.4, 0.5) is 0 Å². The molecule has 0 radical (unpaired) electrons. The summed E-state index contributed by atoms with van der Waals surface area (Å²) in [7, 11) is 1.62. The van der Waals surface area contributed by atoms with E-state index >= 15 is 0 Å². The first-order chi connectivity index (χ1) is 12.0. The highest BCUT2D eigenvalue weighted by Gasteiger charge is 2.21. The number of carbonyl (C=O) groups is 1. The molecule has 0 bridgehead atoms. The Morgan fingerprint density at radius 1 is 1.36 bits per heavy atom. The van der Waals surface area contributed by atoms with Crippen molar-refractivity contribution in [2.45, 2.75) is 20.3 Å². The largest absolute Gasteiger partial charge is 0.496 e. The second kappa shape index (κ2) is 6.80. The molecule has 25 heavy (non-hydrogen) atoms. The first kappa shape index (κ1) is 16.8. The molecule has 0 aliphatic heterocycles. The van der Waals surface area contributed by atoms with Crippen molar-refractivity contribution < 1.29 is 13.9 Å². The number of rotatable bonds is 5. The van der Waals surface area contributed by atoms with Crippen LogP contribution in [0, 0.1) is 13.8 Å². The minimum atomic E-state index is -0.396. The Labute approximate surface area is 144 Å². The van der Waals surface area contributed by atoms with Gasteiger partial charge < -0.3 is 19.5 Å². The quantitative estimate of drug-likeness (QED) is 0.741. The number of ether oxygens (including phenoxy) is 1. The molecule has 0 saturated carbocycles. The zero-order chi connectivity index (χ0) is 18.0. The second-order valence-electron chi connectivity index (χ2n) is 5.77. The number of aromatic nitrogens is 2. The number of fused-ring (bicyclic) bond motifs is 1. The lowest BCUT2D eigenvalue weighted by molar-refractivity contribution is 0.0954. The monoisotopic (exact) mass is 341 g/mol. The second-order valence-corrected chi connectivity index (χ2v) is 5.77. The molecule has 7 heteroatoms. The van der Waals surface area contributed by atoms with E-state index < -0.39 is 5.56 Å². The van der Waals surface area contributed by atoms with Crippen LogP contribution in [0.1, 0.15) is 27.2 Å². The van der Waals surface area contributed by atoms with E-state index in [1.807, 2.05) is 25.1 Å². The van der Waals surface area contributed by atoms with Crippen LogP contribution < -0.4 is 15.6 Å². The summed E-state index contributed by atoms with van der Waals surface area (Å²) in [6, 6.07) is 5.91. The summed E-state index contributed by atoms with van der Waals surface area (Å²) in [5.41, 5.74) is 2.12. The predicted molar refractivity (Wildman–Crippen MR) is 93.1 cm³/mol. The third kappa shape index (κ3) is 3.26. The molecule has 3 rings (SSSR count). The first-order valence-corrected chi connectivity index (χ1v) is 7.89. The highest BCUT2D eigenvalue weighted by Crippen LogP contribution is 2.21. The van der Waals surface area contributed by atoms with Crippen LogP contribution in [0.15, 0.2) is 33.7 Å². The lowest BCUT2D eigenvalue weighted by atomic mass is 10.1. The molecule has 2 N–H and O–H groups in total. The van der Waals surface area contributed by atoms with E-state index in [4.69, 9.17) is 9.15 Å². The van der Waals surface area contributed by atoms with Gasteiger partial charge in [-0.3, -0.25) is 9.59 Å². The number of amides is 1. The number of nitrogens with zero attached hydrogens (tertiary/aromatic N) is 1. The van der Waals surface area contributed by atoms with E-state index in [0.29, 0.717) is 18.7 Å². The lowest BCUT2D eigenvalue weighted by Gasteiger charge is -2.10. The van der Waals surface area contributed by atoms with E-state index in [1.54, 1.807) is 14.0 Å². The van der Waals surface area contributed by atoms with Gasteiger partial charge >= 0.3 is 0 Å². The molecule has 0 aliphatic carbocycles. The smallest absolute Gasteiger partial charge is 0.262 e. The molecule has 0 saturated heterocycles. The Hall–Kier alpha value is -3.09. The Balaban J connectivity index is 1.77. The van der Waals surface area contributed by atoms with Gasteiger partial charge in [-0.25, -0.2) is 4.98 Å². The third-order valence-corrected chi connectivity index (χ3v) is 4.01. The molecule has 1 amide bonds. The summed E-state index contributed by atoms with van der Waals surface area (Å²) >= 11 is 0. The number of methoxy groups -OCH3 is 1. The molecular formula is C18H19N3O4. The van der Waals surface area contributed by atoms with Gasteiger partial charge in [0, 0.05) is 6.54 Å². The van der Waals surface area contributed by atoms with Crippen LogP contribution in [-0.2, 0) is 6.42 Å². The van der Waals surface area contributed by atoms with Crippen LogP contribution in [0.25, 0.3) is 11.1 Å². The van der Waals surface area contributed by atoms with Crippen molar-refractivity contribution >= 4 is 17.0 Å². The van der Waals surface area contributed by atoms with Crippen molar-refractivity contribution in [3.8, 4) is 5.75 Å². The van der Waals surface area contributed by atoms with Crippen molar-refractivity contribution in [3.63, 3.8) is 0 Å². The lowest BCUT2D eigenvalue weighted by Crippen LogP contribution is -2.27. The Bertz CT molecular complexity index is 988. The molecule has 2 heterocycles. The molecule has 0 atom stereocenters. The standard InChI is InChI=1S/C18H19N3O4/c1-10-4-5-13(24-3)12(8-10)6-7-19-16(22)14-11(2)25-18-15(14)17(23)20-9-21-18/h4-5,8-9H,6-7H2,1-3H3,(H,19,22)(H,20,21,23). The Morgan fingerprint density at radius 3 is 2.92 bits per heavy atom. The van der Waals surface area contributed by atoms with Crippen molar-refractivity contribution in [2.24, 2.45) is 0 Å². The zero-order valence-electron chi connectivity index (χ0n) is 14.3. The summed E-state index contributed by atoms with van der Waals surface area (Å²) in [6.07, 6.45) is 1.86. The molecule has 0 spiro atoms. The maximum atomic E-state index is 12.5. The predicted octanol–water partition coefficient (Wildman–Crippen LogP) is 2.11. The van der Waals surface area contributed by atoms with E-state index in [9.17, 15) is 9.59 Å². The van der Waals surface area contributed by atoms with E-state index in [0.717, 1.165) is 16.9 Å². The minimum absolute atomic E-state index is 0.159. The van der Waals surface area contributed by atoms with Gasteiger partial charge in [-0.15, -0.1) is 0 Å². The highest BCUT2D eigenvalue weighted by atomic mass is 16.5. The highest BCUT2D eigenvalue weighted by molar-refractivity contribution is 6.06. The number of benzene rings is 1. The van der Waals surface area contributed by atoms with Crippen molar-refractivity contribution in [3.05, 3.63) is 57.3 Å². The van der Waals surface area contributed by atoms with Crippen LogP contribution in [0.2, 0.25) is 0 Å². The Morgan fingerprint density at radius 2 is 2.16 bits per heavy atom. The van der Waals surface area contributed by atoms with Crippen molar-refractivity contribution in [1.29, 1.82) is 0 Å². The number of hydrogen-bond donors (Lipinski definition) is 2. The molecular weight excluding hydrogens is 322 g/mol. The van der Waals surface area contributed by atoms with E-state index in [1.165, 1.54) is 6.33 Å². The summed E-state index contributed by atoms with van der Waals surface area (Å²) in [6.45, 7) is 4.05. The van der Waals surface area contributed by atoms with E-state index in [2.05, 4.69) is 15.3 Å². The average Bonchev–Trinajstić information content (AvgIpc) is 2.92. The van der Waals surface area contributed by atoms with Crippen molar-refractivity contribution in [2.75, 3.05) is 13.7 Å². The molecule has 0 fully saturated rings. The maximum absolute atomic E-state index is 12.5. The molecule has 2 aromatic heterocycles. The van der Waals surface area contributed by atoms with Crippen LogP contribution in [0.3, 0.4) is 0 Å². The number of nitrogens with one attached hydrogen (secondary N) is 2. The number of H-pyrrole nitrogens is 1. The summed E-state index contributed by atoms with van der Waals surface area (Å²) in [5, 5.41) is 3.00. The van der Waals surface area contributed by atoms with Crippen molar-refractivity contribution in [1.82, 2.24) is 15.3 Å². The number of hydrogen-bond acceptors (Lipinski definition) is 5. The number of aryl methyl sites for hydroxylation is 2. The zero-order valence-corrected chi connectivity index (χ0v) is 14.3. The minimum Gasteiger partial charge on any atom is -0.496 e. The Kier molecular flexibility index (Phi) is 4.56. The van der Waals surface area contributed by atoms with Gasteiger partial charge in [-0.2, -0.15) is 0 Å². The van der Waals surface area contributed by atoms with E-state index in [-0.39, 0.29) is 22.6 Å². The van der Waals surface area contributed by atoms with Crippen LogP contribution >= 0.6 is 0 Å². The molecule has 3 aromatic rings. The molecule has 0 unspecified atom stereocenters. The third-order valence-electron chi connectivity index (χ3n) is 4.01. The number of furan rings is 1. The fraction of sp³-hybridized carbons (Fsp3) is 0.278. The first-order valence-electron chi connectivity index (χ1n) is 7.89. The van der Waals surface area contributed by atoms with Crippen LogP contribution in [0.5, 0.6) is 5.75 Å². The van der Waals surface area contributed by atoms with Gasteiger partial charge in [0.05, 0.1) is 19.0 Å². The summed E-state index contributed by atoms with van der Waals surface area (Å²) in [5.74, 6) is 0.789. The number of aromatic amines is 1. The molecule has 130 valence electrons. The van der Waals surface area contributed by atoms with Gasteiger partial charge in [0.25, 0.3) is 11.5 Å². The number of carbonyl (C=O) groups excluding carboxylic acids is 1. The van der Waals surface area contributed by atoms with Gasteiger partial charge in [-0.1, -0.05) is 17.7 Å². The summed E-state index contributed by atoms with van der Waals surface area (Å²) in [4.78, 5) is 30.9. The molecule has 0 aliphatic rings. The maximum Gasteiger partial charge on any atom is 0.262 e. The molecule has 1 aromatic carbocycles. The average molecular weight is 341 g/mol. The summed E-state index contributed by atoms with van der Waals surface area (Å²) < 4.78 is 10.7. The molecule has 7 nitrogen and oxygen atoms in total. The normalized spacial score (nSPS) is 10.8. The van der Waals surface area contributed by atoms with Gasteiger partial charge in [0.1, 0.15) is 16.9 Å². The fourth-order valence-corrected chi connectivity index (χ4v) is 2.83. The van der Waals surface area contributed by atoms with Gasteiger partial charge in [0.2, 0.25) is 5.71 Å². The topological polar surface area (TPSA) is 97.2 Å².